The van der Waals surface area contributed by atoms with Crippen LogP contribution >= 0.6 is 11.6 Å². The zero-order chi connectivity index (χ0) is 18.8. The van der Waals surface area contributed by atoms with Crippen LogP contribution in [0.2, 0.25) is 5.02 Å². The van der Waals surface area contributed by atoms with Gasteiger partial charge in [0.05, 0.1) is 22.0 Å². The van der Waals surface area contributed by atoms with Gasteiger partial charge in [-0.3, -0.25) is 4.31 Å². The van der Waals surface area contributed by atoms with E-state index in [1.165, 1.54) is 0 Å². The van der Waals surface area contributed by atoms with Crippen molar-refractivity contribution in [3.8, 4) is 11.5 Å². The number of halogens is 4. The Bertz CT molecular complexity index is 854. The van der Waals surface area contributed by atoms with Crippen molar-refractivity contribution in [2.24, 2.45) is 0 Å². The van der Waals surface area contributed by atoms with Crippen molar-refractivity contribution in [1.29, 1.82) is 0 Å². The first kappa shape index (κ1) is 19.2. The number of hydrogen-bond acceptors (Lipinski definition) is 4. The molecule has 0 unspecified atom stereocenters. The maximum absolute atomic E-state index is 12.7. The van der Waals surface area contributed by atoms with Crippen molar-refractivity contribution in [3.63, 3.8) is 0 Å². The van der Waals surface area contributed by atoms with Crippen molar-refractivity contribution < 1.29 is 31.8 Å². The number of aromatic hydroxyl groups is 2. The first-order valence-electron chi connectivity index (χ1n) is 6.88. The highest BCUT2D eigenvalue weighted by Crippen LogP contribution is 2.33. The molecule has 0 fully saturated rings. The summed E-state index contributed by atoms with van der Waals surface area (Å²) < 4.78 is 63.8. The molecule has 0 bridgehead atoms. The fourth-order valence-corrected chi connectivity index (χ4v) is 3.64. The molecule has 2 aromatic rings. The van der Waals surface area contributed by atoms with Gasteiger partial charge in [-0.25, -0.2) is 8.42 Å². The van der Waals surface area contributed by atoms with E-state index in [-0.39, 0.29) is 27.1 Å². The number of rotatable bonds is 5. The van der Waals surface area contributed by atoms with Gasteiger partial charge in [0.2, 0.25) is 0 Å². The van der Waals surface area contributed by atoms with E-state index in [1.807, 2.05) is 0 Å². The van der Waals surface area contributed by atoms with Crippen molar-refractivity contribution in [1.82, 2.24) is 0 Å². The average molecular weight is 396 g/mol. The molecule has 0 saturated heterocycles. The molecule has 0 heterocycles. The average Bonchev–Trinajstić information content (AvgIpc) is 2.50. The van der Waals surface area contributed by atoms with E-state index in [9.17, 15) is 31.8 Å². The summed E-state index contributed by atoms with van der Waals surface area (Å²) in [4.78, 5) is -0.295. The first-order chi connectivity index (χ1) is 11.5. The lowest BCUT2D eigenvalue weighted by Gasteiger charge is -2.25. The van der Waals surface area contributed by atoms with E-state index >= 15 is 0 Å². The van der Waals surface area contributed by atoms with Gasteiger partial charge in [-0.2, -0.15) is 13.2 Å². The van der Waals surface area contributed by atoms with Gasteiger partial charge < -0.3 is 10.2 Å². The highest BCUT2D eigenvalue weighted by molar-refractivity contribution is 7.92. The summed E-state index contributed by atoms with van der Waals surface area (Å²) in [5.74, 6) is -0.517. The largest absolute Gasteiger partial charge is 0.508 e. The Kier molecular flexibility index (Phi) is 5.38. The van der Waals surface area contributed by atoms with Crippen molar-refractivity contribution in [2.45, 2.75) is 17.5 Å². The number of benzene rings is 2. The second-order valence-electron chi connectivity index (χ2n) is 5.07. The van der Waals surface area contributed by atoms with Gasteiger partial charge >= 0.3 is 6.18 Å². The smallest absolute Gasteiger partial charge is 0.390 e. The lowest BCUT2D eigenvalue weighted by molar-refractivity contribution is -0.131. The molecular formula is C15H13ClF3NO4S. The molecule has 2 rings (SSSR count). The maximum atomic E-state index is 12.7. The molecule has 25 heavy (non-hydrogen) atoms. The molecule has 0 aromatic heterocycles. The molecular weight excluding hydrogens is 383 g/mol. The molecule has 0 aliphatic heterocycles. The van der Waals surface area contributed by atoms with E-state index in [4.69, 9.17) is 11.6 Å². The third-order valence-electron chi connectivity index (χ3n) is 3.24. The molecule has 0 saturated carbocycles. The Balaban J connectivity index is 2.49. The third-order valence-corrected chi connectivity index (χ3v) is 5.39. The van der Waals surface area contributed by atoms with E-state index in [2.05, 4.69) is 0 Å². The first-order valence-corrected chi connectivity index (χ1v) is 8.69. The number of nitrogens with zero attached hydrogens (tertiary/aromatic N) is 1. The Hall–Kier alpha value is -2.13. The highest BCUT2D eigenvalue weighted by Gasteiger charge is 2.32. The van der Waals surface area contributed by atoms with Gasteiger partial charge in [-0.1, -0.05) is 11.6 Å². The van der Waals surface area contributed by atoms with Crippen LogP contribution in [0.15, 0.2) is 47.4 Å². The monoisotopic (exact) mass is 395 g/mol. The Morgan fingerprint density at radius 1 is 1.04 bits per heavy atom. The van der Waals surface area contributed by atoms with E-state index in [0.29, 0.717) is 4.31 Å². The van der Waals surface area contributed by atoms with E-state index in [1.54, 1.807) is 0 Å². The lowest BCUT2D eigenvalue weighted by Crippen LogP contribution is -2.34. The molecule has 0 radical (unpaired) electrons. The maximum Gasteiger partial charge on any atom is 0.390 e. The summed E-state index contributed by atoms with van der Waals surface area (Å²) >= 11 is 5.74. The molecule has 136 valence electrons. The number of anilines is 1. The number of alkyl halides is 3. The molecule has 2 N–H and O–H groups in total. The second kappa shape index (κ2) is 7.01. The fourth-order valence-electron chi connectivity index (χ4n) is 2.01. The highest BCUT2D eigenvalue weighted by atomic mass is 35.5. The summed E-state index contributed by atoms with van der Waals surface area (Å²) in [7, 11) is -4.34. The van der Waals surface area contributed by atoms with Crippen LogP contribution in [-0.2, 0) is 10.0 Å². The van der Waals surface area contributed by atoms with Crippen molar-refractivity contribution >= 4 is 27.3 Å². The molecule has 5 nitrogen and oxygen atoms in total. The molecule has 0 spiro atoms. The number of hydrogen-bond donors (Lipinski definition) is 2. The van der Waals surface area contributed by atoms with E-state index in [0.717, 1.165) is 42.5 Å². The quantitative estimate of drug-likeness (QED) is 0.805. The summed E-state index contributed by atoms with van der Waals surface area (Å²) in [6, 6.07) is 7.67. The van der Waals surface area contributed by atoms with Gasteiger partial charge in [0.15, 0.2) is 0 Å². The molecule has 0 atom stereocenters. The van der Waals surface area contributed by atoms with Crippen LogP contribution in [0.1, 0.15) is 6.42 Å². The standard InChI is InChI=1S/C15H13ClF3NO4S/c16-13-9-10(1-6-14(13)22)20(8-7-15(17,18)19)25(23,24)12-4-2-11(21)3-5-12/h1-6,9,21-22H,7-8H2. The van der Waals surface area contributed by atoms with Gasteiger partial charge in [-0.05, 0) is 42.5 Å². The Labute approximate surface area is 146 Å². The topological polar surface area (TPSA) is 77.8 Å². The third kappa shape index (κ3) is 4.70. The minimum atomic E-state index is -4.57. The zero-order valence-corrected chi connectivity index (χ0v) is 14.1. The summed E-state index contributed by atoms with van der Waals surface area (Å²) in [6.45, 7) is -0.867. The molecule has 2 aromatic carbocycles. The molecule has 0 aliphatic carbocycles. The minimum absolute atomic E-state index is 0.125. The van der Waals surface area contributed by atoms with Crippen LogP contribution in [0.25, 0.3) is 0 Å². The van der Waals surface area contributed by atoms with Gasteiger partial charge in [0.25, 0.3) is 10.0 Å². The Morgan fingerprint density at radius 3 is 2.16 bits per heavy atom. The lowest BCUT2D eigenvalue weighted by atomic mass is 10.3. The van der Waals surface area contributed by atoms with Crippen LogP contribution in [0.5, 0.6) is 11.5 Å². The Morgan fingerprint density at radius 2 is 1.64 bits per heavy atom. The number of phenolic OH excluding ortho intramolecular Hbond substituents is 2. The summed E-state index contributed by atoms with van der Waals surface area (Å²) in [6.07, 6.45) is -5.94. The van der Waals surface area contributed by atoms with Crippen LogP contribution in [0.4, 0.5) is 18.9 Å². The predicted molar refractivity (Wildman–Crippen MR) is 86.4 cm³/mol. The van der Waals surface area contributed by atoms with Crippen LogP contribution < -0.4 is 4.31 Å². The molecule has 0 aliphatic rings. The van der Waals surface area contributed by atoms with Gasteiger partial charge in [-0.15, -0.1) is 0 Å². The number of sulfonamides is 1. The van der Waals surface area contributed by atoms with Crippen molar-refractivity contribution in [3.05, 3.63) is 47.5 Å². The second-order valence-corrected chi connectivity index (χ2v) is 7.34. The van der Waals surface area contributed by atoms with Crippen LogP contribution in [-0.4, -0.2) is 31.4 Å². The fraction of sp³-hybridized carbons (Fsp3) is 0.200. The zero-order valence-electron chi connectivity index (χ0n) is 12.5. The predicted octanol–water partition coefficient (Wildman–Crippen LogP) is 3.90. The van der Waals surface area contributed by atoms with Crippen LogP contribution in [0.3, 0.4) is 0 Å². The SMILES string of the molecule is O=S(=O)(c1ccc(O)cc1)N(CCC(F)(F)F)c1ccc(O)c(Cl)c1. The molecule has 10 heteroatoms. The summed E-state index contributed by atoms with van der Waals surface area (Å²) in [5.41, 5.74) is -0.125. The summed E-state index contributed by atoms with van der Waals surface area (Å²) in [5, 5.41) is 18.5. The van der Waals surface area contributed by atoms with Gasteiger partial charge in [0.1, 0.15) is 11.5 Å². The van der Waals surface area contributed by atoms with Crippen LogP contribution in [0, 0.1) is 0 Å². The molecule has 0 amide bonds. The van der Waals surface area contributed by atoms with E-state index < -0.39 is 29.2 Å². The minimum Gasteiger partial charge on any atom is -0.508 e. The van der Waals surface area contributed by atoms with Gasteiger partial charge in [0, 0.05) is 6.54 Å². The normalized spacial score (nSPS) is 12.2. The number of phenols is 2. The van der Waals surface area contributed by atoms with Crippen molar-refractivity contribution in [2.75, 3.05) is 10.8 Å².